The van der Waals surface area contributed by atoms with Crippen molar-refractivity contribution in [3.8, 4) is 11.1 Å². The molecule has 0 saturated heterocycles. The van der Waals surface area contributed by atoms with Crippen LogP contribution in [-0.4, -0.2) is 9.38 Å². The summed E-state index contributed by atoms with van der Waals surface area (Å²) in [7, 11) is 0. The Labute approximate surface area is 176 Å². The third kappa shape index (κ3) is 4.06. The molecule has 0 aliphatic rings. The van der Waals surface area contributed by atoms with Gasteiger partial charge in [-0.15, -0.1) is 0 Å². The summed E-state index contributed by atoms with van der Waals surface area (Å²) in [5, 5.41) is 4.15. The van der Waals surface area contributed by atoms with E-state index in [9.17, 15) is 0 Å². The molecule has 0 aliphatic heterocycles. The lowest BCUT2D eigenvalue weighted by molar-refractivity contribution is 0.876. The van der Waals surface area contributed by atoms with E-state index in [0.717, 1.165) is 29.2 Å². The lowest BCUT2D eigenvalue weighted by Crippen LogP contribution is -2.13. The Morgan fingerprint density at radius 3 is 2.34 bits per heavy atom. The molecule has 146 valence electrons. The molecule has 0 atom stereocenters. The summed E-state index contributed by atoms with van der Waals surface area (Å²) in [5.74, 6) is 0. The topological polar surface area (TPSA) is 29.3 Å². The quantitative estimate of drug-likeness (QED) is 0.411. The van der Waals surface area contributed by atoms with Crippen LogP contribution in [0.1, 0.15) is 29.4 Å². The smallest absolute Gasteiger partial charge is 0.139 e. The highest BCUT2D eigenvalue weighted by molar-refractivity contribution is 6.30. The van der Waals surface area contributed by atoms with E-state index in [1.807, 2.05) is 22.7 Å². The van der Waals surface area contributed by atoms with E-state index in [1.54, 1.807) is 0 Å². The minimum absolute atomic E-state index is 0.684. The third-order valence-electron chi connectivity index (χ3n) is 5.13. The molecular formula is C25H24ClN3. The molecular weight excluding hydrogens is 378 g/mol. The van der Waals surface area contributed by atoms with Crippen molar-refractivity contribution in [1.82, 2.24) is 14.7 Å². The summed E-state index contributed by atoms with van der Waals surface area (Å²) in [6, 6.07) is 21.0. The second-order valence-electron chi connectivity index (χ2n) is 7.23. The summed E-state index contributed by atoms with van der Waals surface area (Å²) in [5.41, 5.74) is 8.66. The van der Waals surface area contributed by atoms with Gasteiger partial charge in [0.2, 0.25) is 0 Å². The minimum Gasteiger partial charge on any atom is -0.380 e. The summed E-state index contributed by atoms with van der Waals surface area (Å²) >= 11 is 6.12. The minimum atomic E-state index is 0.684. The standard InChI is InChI=1S/C25H24ClN3/c1-4-23-25(29-14-13-22(26)15-24(29)28-23)18(3)27-16-19-7-11-21(12-8-19)20-9-5-17(2)6-10-20/h5-15,27H,3-4,16H2,1-2H3. The van der Waals surface area contributed by atoms with Gasteiger partial charge in [0.25, 0.3) is 0 Å². The fraction of sp³-hybridized carbons (Fsp3) is 0.160. The number of hydrogen-bond acceptors (Lipinski definition) is 2. The van der Waals surface area contributed by atoms with Gasteiger partial charge in [-0.25, -0.2) is 4.98 Å². The fourth-order valence-corrected chi connectivity index (χ4v) is 3.64. The first-order valence-corrected chi connectivity index (χ1v) is 10.2. The molecule has 0 aliphatic carbocycles. The Morgan fingerprint density at radius 1 is 1.03 bits per heavy atom. The number of hydrogen-bond donors (Lipinski definition) is 1. The SMILES string of the molecule is C=C(NCc1ccc(-c2ccc(C)cc2)cc1)c1c(CC)nc2cc(Cl)ccn12. The number of nitrogens with one attached hydrogen (secondary N) is 1. The van der Waals surface area contributed by atoms with Crippen LogP contribution >= 0.6 is 11.6 Å². The van der Waals surface area contributed by atoms with Crippen LogP contribution in [0.3, 0.4) is 0 Å². The summed E-state index contributed by atoms with van der Waals surface area (Å²) < 4.78 is 2.04. The lowest BCUT2D eigenvalue weighted by Gasteiger charge is -2.12. The number of nitrogens with zero attached hydrogens (tertiary/aromatic N) is 2. The zero-order valence-electron chi connectivity index (χ0n) is 16.7. The van der Waals surface area contributed by atoms with Gasteiger partial charge in [0, 0.05) is 23.8 Å². The number of fused-ring (bicyclic) bond motifs is 1. The Kier molecular flexibility index (Phi) is 5.41. The molecule has 0 saturated carbocycles. The van der Waals surface area contributed by atoms with E-state index in [-0.39, 0.29) is 0 Å². The molecule has 29 heavy (non-hydrogen) atoms. The first-order chi connectivity index (χ1) is 14.0. The van der Waals surface area contributed by atoms with Gasteiger partial charge in [0.15, 0.2) is 0 Å². The number of pyridine rings is 1. The van der Waals surface area contributed by atoms with Crippen LogP contribution in [0.25, 0.3) is 22.5 Å². The Hall–Kier alpha value is -3.04. The van der Waals surface area contributed by atoms with Crippen LogP contribution in [0.4, 0.5) is 0 Å². The van der Waals surface area contributed by atoms with E-state index in [2.05, 4.69) is 74.3 Å². The molecule has 0 bridgehead atoms. The Morgan fingerprint density at radius 2 is 1.69 bits per heavy atom. The van der Waals surface area contributed by atoms with Gasteiger partial charge >= 0.3 is 0 Å². The van der Waals surface area contributed by atoms with E-state index in [4.69, 9.17) is 16.6 Å². The van der Waals surface area contributed by atoms with Crippen molar-refractivity contribution >= 4 is 22.9 Å². The van der Waals surface area contributed by atoms with Gasteiger partial charge in [-0.1, -0.05) is 79.2 Å². The van der Waals surface area contributed by atoms with Crippen LogP contribution in [0, 0.1) is 6.92 Å². The molecule has 0 fully saturated rings. The fourth-order valence-electron chi connectivity index (χ4n) is 3.49. The Bertz CT molecular complexity index is 1160. The number of halogens is 1. The van der Waals surface area contributed by atoms with Crippen molar-refractivity contribution in [2.75, 3.05) is 0 Å². The predicted molar refractivity (Wildman–Crippen MR) is 122 cm³/mol. The highest BCUT2D eigenvalue weighted by Crippen LogP contribution is 2.23. The summed E-state index contributed by atoms with van der Waals surface area (Å²) in [6.45, 7) is 9.17. The van der Waals surface area contributed by atoms with Crippen molar-refractivity contribution in [3.63, 3.8) is 0 Å². The predicted octanol–water partition coefficient (Wildman–Crippen LogP) is 6.29. The molecule has 4 rings (SSSR count). The summed E-state index contributed by atoms with van der Waals surface area (Å²) in [6.07, 6.45) is 2.78. The average Bonchev–Trinajstić information content (AvgIpc) is 3.10. The molecule has 4 heteroatoms. The molecule has 0 unspecified atom stereocenters. The first-order valence-electron chi connectivity index (χ1n) is 9.81. The highest BCUT2D eigenvalue weighted by atomic mass is 35.5. The molecule has 2 aromatic carbocycles. The maximum absolute atomic E-state index is 6.12. The second kappa shape index (κ2) is 8.14. The maximum atomic E-state index is 6.12. The average molecular weight is 402 g/mol. The van der Waals surface area contributed by atoms with Crippen LogP contribution in [0.15, 0.2) is 73.4 Å². The van der Waals surface area contributed by atoms with E-state index in [0.29, 0.717) is 11.6 Å². The van der Waals surface area contributed by atoms with Crippen LogP contribution in [0.2, 0.25) is 5.02 Å². The molecule has 0 amide bonds. The van der Waals surface area contributed by atoms with E-state index < -0.39 is 0 Å². The molecule has 0 spiro atoms. The van der Waals surface area contributed by atoms with Crippen molar-refractivity contribution in [3.05, 3.63) is 101 Å². The summed E-state index contributed by atoms with van der Waals surface area (Å²) in [4.78, 5) is 4.70. The monoisotopic (exact) mass is 401 g/mol. The molecule has 1 N–H and O–H groups in total. The molecule has 0 radical (unpaired) electrons. The largest absolute Gasteiger partial charge is 0.380 e. The van der Waals surface area contributed by atoms with Crippen molar-refractivity contribution in [2.24, 2.45) is 0 Å². The van der Waals surface area contributed by atoms with E-state index in [1.165, 1.54) is 22.3 Å². The number of aromatic nitrogens is 2. The molecule has 3 nitrogen and oxygen atoms in total. The third-order valence-corrected chi connectivity index (χ3v) is 5.36. The van der Waals surface area contributed by atoms with Crippen LogP contribution in [-0.2, 0) is 13.0 Å². The zero-order valence-corrected chi connectivity index (χ0v) is 17.5. The van der Waals surface area contributed by atoms with Gasteiger partial charge < -0.3 is 5.32 Å². The van der Waals surface area contributed by atoms with E-state index >= 15 is 0 Å². The highest BCUT2D eigenvalue weighted by Gasteiger charge is 2.14. The molecule has 4 aromatic rings. The Balaban J connectivity index is 1.50. The van der Waals surface area contributed by atoms with Crippen molar-refractivity contribution in [1.29, 1.82) is 0 Å². The maximum Gasteiger partial charge on any atom is 0.139 e. The lowest BCUT2D eigenvalue weighted by atomic mass is 10.0. The number of aryl methyl sites for hydroxylation is 2. The normalized spacial score (nSPS) is 11.0. The number of rotatable bonds is 6. The molecule has 2 aromatic heterocycles. The van der Waals surface area contributed by atoms with Gasteiger partial charge in [-0.2, -0.15) is 0 Å². The van der Waals surface area contributed by atoms with Gasteiger partial charge in [-0.05, 0) is 36.1 Å². The first kappa shape index (κ1) is 19.3. The number of benzene rings is 2. The van der Waals surface area contributed by atoms with Gasteiger partial charge in [0.1, 0.15) is 5.65 Å². The van der Waals surface area contributed by atoms with Gasteiger partial charge in [-0.3, -0.25) is 4.40 Å². The van der Waals surface area contributed by atoms with Crippen LogP contribution in [0.5, 0.6) is 0 Å². The van der Waals surface area contributed by atoms with Crippen molar-refractivity contribution in [2.45, 2.75) is 26.8 Å². The second-order valence-corrected chi connectivity index (χ2v) is 7.67. The zero-order chi connectivity index (χ0) is 20.4. The van der Waals surface area contributed by atoms with Crippen molar-refractivity contribution < 1.29 is 0 Å². The van der Waals surface area contributed by atoms with Gasteiger partial charge in [0.05, 0.1) is 17.1 Å². The number of imidazole rings is 1. The molecule has 2 heterocycles. The van der Waals surface area contributed by atoms with Crippen LogP contribution < -0.4 is 5.32 Å².